The number of carbonyl (C=O) groups excluding carboxylic acids is 2. The van der Waals surface area contributed by atoms with Gasteiger partial charge in [-0.2, -0.15) is 0 Å². The zero-order valence-electron chi connectivity index (χ0n) is 12.4. The van der Waals surface area contributed by atoms with Gasteiger partial charge in [-0.1, -0.05) is 19.8 Å². The Morgan fingerprint density at radius 1 is 1.32 bits per heavy atom. The molecular formula is C15H22O4. The lowest BCUT2D eigenvalue weighted by molar-refractivity contribution is -0.158. The third-order valence-corrected chi connectivity index (χ3v) is 3.35. The number of carbonyl (C=O) groups is 2. The minimum absolute atomic E-state index is 0.184. The standard InChI is InChI=1S/C15H22O4/c1-8-10(18-9(2)16)11-12(15(11,6)7)13(17)19-14(3,4)5/h1,10-12H,2-7H3/t10-,11-,12-/m0/s1. The number of hydrogen-bond acceptors (Lipinski definition) is 4. The minimum atomic E-state index is -0.676. The topological polar surface area (TPSA) is 52.6 Å². The van der Waals surface area contributed by atoms with Gasteiger partial charge >= 0.3 is 11.9 Å². The van der Waals surface area contributed by atoms with Crippen LogP contribution in [-0.2, 0) is 19.1 Å². The summed E-state index contributed by atoms with van der Waals surface area (Å²) >= 11 is 0. The fourth-order valence-corrected chi connectivity index (χ4v) is 2.45. The second-order valence-electron chi connectivity index (χ2n) is 6.55. The van der Waals surface area contributed by atoms with Crippen LogP contribution in [-0.4, -0.2) is 23.6 Å². The molecule has 0 aromatic heterocycles. The Labute approximate surface area is 114 Å². The molecule has 1 rings (SSSR count). The summed E-state index contributed by atoms with van der Waals surface area (Å²) in [6.07, 6.45) is 4.72. The van der Waals surface area contributed by atoms with Crippen LogP contribution < -0.4 is 0 Å². The first-order valence-corrected chi connectivity index (χ1v) is 6.37. The van der Waals surface area contributed by atoms with E-state index in [4.69, 9.17) is 15.9 Å². The zero-order chi connectivity index (χ0) is 15.0. The van der Waals surface area contributed by atoms with Crippen molar-refractivity contribution in [3.8, 4) is 12.3 Å². The van der Waals surface area contributed by atoms with Crippen molar-refractivity contribution in [3.05, 3.63) is 0 Å². The molecule has 0 radical (unpaired) electrons. The maximum Gasteiger partial charge on any atom is 0.310 e. The summed E-state index contributed by atoms with van der Waals surface area (Å²) in [4.78, 5) is 23.1. The Morgan fingerprint density at radius 3 is 2.21 bits per heavy atom. The third kappa shape index (κ3) is 3.50. The Morgan fingerprint density at radius 2 is 1.84 bits per heavy atom. The lowest BCUT2D eigenvalue weighted by Crippen LogP contribution is -2.27. The van der Waals surface area contributed by atoms with Crippen LogP contribution in [0.25, 0.3) is 0 Å². The normalized spacial score (nSPS) is 25.9. The second kappa shape index (κ2) is 4.88. The van der Waals surface area contributed by atoms with Gasteiger partial charge in [0.1, 0.15) is 5.60 Å². The van der Waals surface area contributed by atoms with Gasteiger partial charge in [0.2, 0.25) is 0 Å². The average molecular weight is 266 g/mol. The maximum absolute atomic E-state index is 12.1. The van der Waals surface area contributed by atoms with Gasteiger partial charge in [-0.3, -0.25) is 9.59 Å². The molecule has 0 amide bonds. The summed E-state index contributed by atoms with van der Waals surface area (Å²) in [5, 5.41) is 0. The molecule has 0 heterocycles. The highest BCUT2D eigenvalue weighted by atomic mass is 16.6. The molecule has 106 valence electrons. The van der Waals surface area contributed by atoms with Gasteiger partial charge in [0.05, 0.1) is 5.92 Å². The van der Waals surface area contributed by atoms with E-state index >= 15 is 0 Å². The number of ether oxygens (including phenoxy) is 2. The molecule has 0 spiro atoms. The van der Waals surface area contributed by atoms with Crippen molar-refractivity contribution >= 4 is 11.9 Å². The maximum atomic E-state index is 12.1. The predicted octanol–water partition coefficient (Wildman–Crippen LogP) is 2.17. The first kappa shape index (κ1) is 15.6. The van der Waals surface area contributed by atoms with Crippen LogP contribution >= 0.6 is 0 Å². The molecule has 1 aliphatic rings. The van der Waals surface area contributed by atoms with Gasteiger partial charge in [-0.15, -0.1) is 6.42 Å². The molecule has 0 N–H and O–H groups in total. The number of rotatable bonds is 3. The summed E-state index contributed by atoms with van der Waals surface area (Å²) in [5.74, 6) is 1.22. The quantitative estimate of drug-likeness (QED) is 0.580. The lowest BCUT2D eigenvalue weighted by atomic mass is 10.1. The Balaban J connectivity index is 2.80. The molecule has 0 aromatic carbocycles. The van der Waals surface area contributed by atoms with Crippen LogP contribution in [0, 0.1) is 29.6 Å². The van der Waals surface area contributed by atoms with E-state index in [-0.39, 0.29) is 23.2 Å². The first-order chi connectivity index (χ1) is 8.50. The van der Waals surface area contributed by atoms with Crippen LogP contribution in [0.2, 0.25) is 0 Å². The molecule has 4 nitrogen and oxygen atoms in total. The van der Waals surface area contributed by atoms with E-state index < -0.39 is 17.7 Å². The van der Waals surface area contributed by atoms with Crippen molar-refractivity contribution < 1.29 is 19.1 Å². The predicted molar refractivity (Wildman–Crippen MR) is 71.0 cm³/mol. The second-order valence-corrected chi connectivity index (χ2v) is 6.55. The van der Waals surface area contributed by atoms with Crippen molar-refractivity contribution in [3.63, 3.8) is 0 Å². The molecule has 3 atom stereocenters. The van der Waals surface area contributed by atoms with Crippen LogP contribution in [0.3, 0.4) is 0 Å². The van der Waals surface area contributed by atoms with E-state index in [2.05, 4.69) is 5.92 Å². The molecule has 0 unspecified atom stereocenters. The van der Waals surface area contributed by atoms with E-state index in [0.717, 1.165) is 0 Å². The Kier molecular flexibility index (Phi) is 4.00. The van der Waals surface area contributed by atoms with Crippen molar-refractivity contribution in [2.24, 2.45) is 17.3 Å². The fourth-order valence-electron chi connectivity index (χ4n) is 2.45. The molecule has 1 aliphatic carbocycles. The van der Waals surface area contributed by atoms with E-state index in [1.54, 1.807) is 0 Å². The lowest BCUT2D eigenvalue weighted by Gasteiger charge is -2.20. The largest absolute Gasteiger partial charge is 0.460 e. The zero-order valence-corrected chi connectivity index (χ0v) is 12.4. The third-order valence-electron chi connectivity index (χ3n) is 3.35. The smallest absolute Gasteiger partial charge is 0.310 e. The van der Waals surface area contributed by atoms with Gasteiger partial charge in [0, 0.05) is 12.8 Å². The highest BCUT2D eigenvalue weighted by Gasteiger charge is 2.66. The molecule has 1 saturated carbocycles. The van der Waals surface area contributed by atoms with Crippen LogP contribution in [0.4, 0.5) is 0 Å². The minimum Gasteiger partial charge on any atom is -0.460 e. The number of hydrogen-bond donors (Lipinski definition) is 0. The number of terminal acetylenes is 1. The van der Waals surface area contributed by atoms with Gasteiger partial charge < -0.3 is 9.47 Å². The van der Waals surface area contributed by atoms with Gasteiger partial charge in [0.15, 0.2) is 6.10 Å². The summed E-state index contributed by atoms with van der Waals surface area (Å²) in [7, 11) is 0. The van der Waals surface area contributed by atoms with E-state index in [1.807, 2.05) is 34.6 Å². The van der Waals surface area contributed by atoms with Crippen molar-refractivity contribution in [1.82, 2.24) is 0 Å². The highest BCUT2D eigenvalue weighted by molar-refractivity contribution is 5.78. The Hall–Kier alpha value is -1.50. The van der Waals surface area contributed by atoms with Crippen molar-refractivity contribution in [2.75, 3.05) is 0 Å². The SMILES string of the molecule is C#C[C@H](OC(C)=O)[C@H]1[C@@H](C(=O)OC(C)(C)C)C1(C)C. The fraction of sp³-hybridized carbons (Fsp3) is 0.733. The molecule has 4 heteroatoms. The number of esters is 2. The van der Waals surface area contributed by atoms with E-state index in [9.17, 15) is 9.59 Å². The van der Waals surface area contributed by atoms with Crippen molar-refractivity contribution in [2.45, 2.75) is 53.2 Å². The monoisotopic (exact) mass is 266 g/mol. The molecule has 1 fully saturated rings. The van der Waals surface area contributed by atoms with Gasteiger partial charge in [-0.25, -0.2) is 0 Å². The molecule has 19 heavy (non-hydrogen) atoms. The average Bonchev–Trinajstić information content (AvgIpc) is 2.75. The highest BCUT2D eigenvalue weighted by Crippen LogP contribution is 2.61. The Bertz CT molecular complexity index is 422. The van der Waals surface area contributed by atoms with Crippen LogP contribution in [0.5, 0.6) is 0 Å². The van der Waals surface area contributed by atoms with Crippen LogP contribution in [0.15, 0.2) is 0 Å². The summed E-state index contributed by atoms with van der Waals surface area (Å²) < 4.78 is 10.5. The molecule has 0 aromatic rings. The van der Waals surface area contributed by atoms with E-state index in [1.165, 1.54) is 6.92 Å². The molecule has 0 saturated heterocycles. The summed E-state index contributed by atoms with van der Waals surface area (Å²) in [5.41, 5.74) is -0.845. The molecule has 0 bridgehead atoms. The van der Waals surface area contributed by atoms with Crippen molar-refractivity contribution in [1.29, 1.82) is 0 Å². The summed E-state index contributed by atoms with van der Waals surface area (Å²) in [6.45, 7) is 10.6. The molecular weight excluding hydrogens is 244 g/mol. The van der Waals surface area contributed by atoms with Crippen LogP contribution in [0.1, 0.15) is 41.5 Å². The summed E-state index contributed by atoms with van der Waals surface area (Å²) in [6, 6.07) is 0. The first-order valence-electron chi connectivity index (χ1n) is 6.37. The van der Waals surface area contributed by atoms with Gasteiger partial charge in [0.25, 0.3) is 0 Å². The van der Waals surface area contributed by atoms with Gasteiger partial charge in [-0.05, 0) is 26.2 Å². The van der Waals surface area contributed by atoms with E-state index in [0.29, 0.717) is 0 Å². The molecule has 0 aliphatic heterocycles.